The van der Waals surface area contributed by atoms with E-state index >= 15 is 0 Å². The zero-order valence-electron chi connectivity index (χ0n) is 3.63. The molecular formula is C3HINOW2-. The zero-order chi connectivity index (χ0) is 4.99. The van der Waals surface area contributed by atoms with E-state index in [-0.39, 0.29) is 45.9 Å². The third kappa shape index (κ3) is 15.7. The minimum absolute atomic E-state index is 0. The summed E-state index contributed by atoms with van der Waals surface area (Å²) in [6.07, 6.45) is 0.945. The molecule has 0 aliphatic heterocycles. The van der Waals surface area contributed by atoms with Crippen molar-refractivity contribution in [2.75, 3.05) is 0 Å². The van der Waals surface area contributed by atoms with Crippen LogP contribution in [0.3, 0.4) is 0 Å². The molecule has 0 aromatic carbocycles. The van der Waals surface area contributed by atoms with Gasteiger partial charge in [-0.05, 0) is 22.6 Å². The minimum Gasteiger partial charge on any atom is -0.322 e. The first-order chi connectivity index (χ1) is 2.77. The molecule has 0 atom stereocenters. The molecule has 0 rings (SSSR count). The minimum atomic E-state index is -0.227. The van der Waals surface area contributed by atoms with E-state index in [4.69, 9.17) is 5.26 Å². The monoisotopic (exact) mass is 562 g/mol. The first-order valence-corrected chi connectivity index (χ1v) is 2.27. The maximum atomic E-state index is 9.75. The van der Waals surface area contributed by atoms with E-state index in [1.165, 1.54) is 22.6 Å². The van der Waals surface area contributed by atoms with Crippen molar-refractivity contribution in [3.63, 3.8) is 0 Å². The van der Waals surface area contributed by atoms with Crippen molar-refractivity contribution < 1.29 is 46.9 Å². The van der Waals surface area contributed by atoms with E-state index in [0.717, 1.165) is 6.42 Å². The Morgan fingerprint density at radius 1 is 1.62 bits per heavy atom. The summed E-state index contributed by atoms with van der Waals surface area (Å²) in [5, 5.41) is 7.71. The largest absolute Gasteiger partial charge is 0.322 e. The fourth-order valence-electron chi connectivity index (χ4n) is 0.0507. The summed E-state index contributed by atoms with van der Waals surface area (Å²) in [6.45, 7) is 0. The van der Waals surface area contributed by atoms with E-state index in [0.29, 0.717) is 0 Å². The summed E-state index contributed by atoms with van der Waals surface area (Å²) in [5.74, 6) is 0. The number of carbonyl (C=O) groups excluding carboxylic acids is 1. The van der Waals surface area contributed by atoms with Crippen molar-refractivity contribution in [1.29, 1.82) is 5.26 Å². The molecule has 0 saturated heterocycles. The van der Waals surface area contributed by atoms with E-state index in [1.54, 1.807) is 6.07 Å². The molecule has 0 aliphatic rings. The van der Waals surface area contributed by atoms with Crippen LogP contribution in [0.2, 0.25) is 0 Å². The van der Waals surface area contributed by atoms with Crippen LogP contribution >= 0.6 is 22.6 Å². The standard InChI is InChI=1S/C3HINO.2W/c4-3(6)1-2-5;;/h1H;;/q-1;;. The Kier molecular flexibility index (Phi) is 22.1. The van der Waals surface area contributed by atoms with Gasteiger partial charge in [0.2, 0.25) is 0 Å². The second-order valence-corrected chi connectivity index (χ2v) is 1.64. The molecule has 0 saturated carbocycles. The number of hydrogen-bond acceptors (Lipinski definition) is 2. The summed E-state index contributed by atoms with van der Waals surface area (Å²) in [6, 6.07) is 1.59. The quantitative estimate of drug-likeness (QED) is 0.269. The van der Waals surface area contributed by atoms with Crippen LogP contribution in [0, 0.1) is 17.8 Å². The Morgan fingerprint density at radius 2 is 2.00 bits per heavy atom. The topological polar surface area (TPSA) is 40.9 Å². The predicted octanol–water partition coefficient (Wildman–Crippen LogP) is 0.671. The summed E-state index contributed by atoms with van der Waals surface area (Å²) in [4.78, 5) is 9.75. The molecule has 0 fully saturated rings. The molecule has 0 N–H and O–H groups in total. The van der Waals surface area contributed by atoms with Gasteiger partial charge in [-0.1, -0.05) is 6.07 Å². The van der Waals surface area contributed by atoms with Crippen molar-refractivity contribution in [1.82, 2.24) is 0 Å². The Labute approximate surface area is 90.1 Å². The van der Waals surface area contributed by atoms with Crippen molar-refractivity contribution >= 4 is 26.4 Å². The van der Waals surface area contributed by atoms with Crippen molar-refractivity contribution in [2.24, 2.45) is 0 Å². The number of nitriles is 1. The normalized spacial score (nSPS) is 4.50. The van der Waals surface area contributed by atoms with Crippen molar-refractivity contribution in [3.05, 3.63) is 6.42 Å². The Morgan fingerprint density at radius 3 is 2.00 bits per heavy atom. The summed E-state index contributed by atoms with van der Waals surface area (Å²) >= 11 is 1.53. The van der Waals surface area contributed by atoms with Crippen LogP contribution in [0.15, 0.2) is 0 Å². The summed E-state index contributed by atoms with van der Waals surface area (Å²) in [5.41, 5.74) is 0. The van der Waals surface area contributed by atoms with Gasteiger partial charge in [0.25, 0.3) is 0 Å². The third-order valence-electron chi connectivity index (χ3n) is 0.178. The Balaban J connectivity index is -0.000000125. The van der Waals surface area contributed by atoms with Gasteiger partial charge >= 0.3 is 0 Å². The molecular weight excluding hydrogens is 561 g/mol. The van der Waals surface area contributed by atoms with Gasteiger partial charge in [-0.2, -0.15) is 0 Å². The molecule has 0 aliphatic carbocycles. The van der Waals surface area contributed by atoms with Gasteiger partial charge < -0.3 is 4.79 Å². The molecule has 0 amide bonds. The Hall–Kier alpha value is 1.14. The zero-order valence-corrected chi connectivity index (χ0v) is 11.7. The molecule has 0 unspecified atom stereocenters. The second-order valence-electron chi connectivity index (χ2n) is 0.578. The molecule has 8 heavy (non-hydrogen) atoms. The third-order valence-corrected chi connectivity index (χ3v) is 0.489. The van der Waals surface area contributed by atoms with Crippen LogP contribution < -0.4 is 0 Å². The van der Waals surface area contributed by atoms with Gasteiger partial charge in [0, 0.05) is 42.1 Å². The molecule has 0 aromatic heterocycles. The fraction of sp³-hybridized carbons (Fsp3) is 0. The summed E-state index contributed by atoms with van der Waals surface area (Å²) < 4.78 is -0.227. The summed E-state index contributed by atoms with van der Waals surface area (Å²) in [7, 11) is 0. The number of rotatable bonds is 1. The number of nitrogens with zero attached hydrogens (tertiary/aromatic N) is 1. The van der Waals surface area contributed by atoms with Crippen LogP contribution in [0.5, 0.6) is 0 Å². The van der Waals surface area contributed by atoms with Gasteiger partial charge in [0.15, 0.2) is 0 Å². The first-order valence-electron chi connectivity index (χ1n) is 1.19. The van der Waals surface area contributed by atoms with Gasteiger partial charge in [-0.3, -0.25) is 0 Å². The van der Waals surface area contributed by atoms with Gasteiger partial charge in [0.1, 0.15) is 0 Å². The second kappa shape index (κ2) is 11.0. The molecule has 0 spiro atoms. The average Bonchev–Trinajstić information content (AvgIpc) is 1.35. The first kappa shape index (κ1) is 16.1. The fourth-order valence-corrected chi connectivity index (χ4v) is 0.190. The maximum absolute atomic E-state index is 9.75. The molecule has 0 radical (unpaired) electrons. The van der Waals surface area contributed by atoms with Crippen LogP contribution in [0.1, 0.15) is 0 Å². The molecule has 2 nitrogen and oxygen atoms in total. The van der Waals surface area contributed by atoms with Crippen LogP contribution in [0.4, 0.5) is 0 Å². The molecule has 44 valence electrons. The molecule has 0 heterocycles. The van der Waals surface area contributed by atoms with Gasteiger partial charge in [0.05, 0.1) is 3.79 Å². The number of carbonyl (C=O) groups is 1. The van der Waals surface area contributed by atoms with E-state index < -0.39 is 0 Å². The number of halogens is 1. The van der Waals surface area contributed by atoms with Crippen LogP contribution in [-0.2, 0) is 46.9 Å². The van der Waals surface area contributed by atoms with Crippen LogP contribution in [-0.4, -0.2) is 3.79 Å². The van der Waals surface area contributed by atoms with Crippen LogP contribution in [0.25, 0.3) is 0 Å². The average molecular weight is 562 g/mol. The molecule has 0 aromatic rings. The van der Waals surface area contributed by atoms with E-state index in [9.17, 15) is 4.79 Å². The van der Waals surface area contributed by atoms with Crippen molar-refractivity contribution in [3.8, 4) is 6.07 Å². The Bertz CT molecular complexity index is 99.9. The number of hydrogen-bond donors (Lipinski definition) is 0. The smallest absolute Gasteiger partial charge is 0.0728 e. The predicted molar refractivity (Wildman–Crippen MR) is 28.9 cm³/mol. The van der Waals surface area contributed by atoms with E-state index in [1.807, 2.05) is 0 Å². The van der Waals surface area contributed by atoms with Crippen molar-refractivity contribution in [2.45, 2.75) is 0 Å². The van der Waals surface area contributed by atoms with E-state index in [2.05, 4.69) is 0 Å². The van der Waals surface area contributed by atoms with Gasteiger partial charge in [-0.25, -0.2) is 11.7 Å². The van der Waals surface area contributed by atoms with Gasteiger partial charge in [-0.15, -0.1) is 0 Å². The molecule has 0 bridgehead atoms. The SMILES string of the molecule is N#C[CH-]C(=O)I.[W].[W]. The maximum Gasteiger partial charge on any atom is 0.0728 e. The molecule has 5 heteroatoms.